The van der Waals surface area contributed by atoms with Crippen LogP contribution >= 0.6 is 0 Å². The minimum atomic E-state index is 0.559. The first-order valence-corrected chi connectivity index (χ1v) is 4.80. The zero-order valence-electron chi connectivity index (χ0n) is 8.96. The molecule has 0 saturated carbocycles. The van der Waals surface area contributed by atoms with Gasteiger partial charge in [0.1, 0.15) is 0 Å². The highest BCUT2D eigenvalue weighted by Crippen LogP contribution is 2.14. The Morgan fingerprint density at radius 2 is 1.85 bits per heavy atom. The SMILES string of the molecule is C#Cc1cccc(C(C)C)c1.CC. The van der Waals surface area contributed by atoms with E-state index in [1.807, 2.05) is 26.0 Å². The van der Waals surface area contributed by atoms with E-state index in [1.165, 1.54) is 5.56 Å². The van der Waals surface area contributed by atoms with Crippen LogP contribution in [0, 0.1) is 12.3 Å². The molecule has 0 saturated heterocycles. The van der Waals surface area contributed by atoms with Gasteiger partial charge in [0, 0.05) is 5.56 Å². The predicted molar refractivity (Wildman–Crippen MR) is 59.8 cm³/mol. The Labute approximate surface area is 82.0 Å². The first-order chi connectivity index (χ1) is 6.24. The number of hydrogen-bond donors (Lipinski definition) is 0. The molecule has 0 fully saturated rings. The van der Waals surface area contributed by atoms with Gasteiger partial charge in [-0.05, 0) is 23.6 Å². The molecule has 1 rings (SSSR count). The van der Waals surface area contributed by atoms with Crippen LogP contribution in [0.3, 0.4) is 0 Å². The lowest BCUT2D eigenvalue weighted by Crippen LogP contribution is -1.86. The molecule has 0 heteroatoms. The van der Waals surface area contributed by atoms with Crippen LogP contribution in [-0.4, -0.2) is 0 Å². The molecule has 0 unspecified atom stereocenters. The second-order valence-corrected chi connectivity index (χ2v) is 2.92. The molecule has 0 aliphatic heterocycles. The average Bonchev–Trinajstić information content (AvgIpc) is 2.21. The van der Waals surface area contributed by atoms with Crippen molar-refractivity contribution in [2.75, 3.05) is 0 Å². The molecule has 0 bridgehead atoms. The van der Waals surface area contributed by atoms with Crippen molar-refractivity contribution in [1.82, 2.24) is 0 Å². The van der Waals surface area contributed by atoms with Crippen LogP contribution in [-0.2, 0) is 0 Å². The van der Waals surface area contributed by atoms with Gasteiger partial charge in [-0.15, -0.1) is 6.42 Å². The van der Waals surface area contributed by atoms with Gasteiger partial charge >= 0.3 is 0 Å². The van der Waals surface area contributed by atoms with Crippen molar-refractivity contribution < 1.29 is 0 Å². The second kappa shape index (κ2) is 6.31. The van der Waals surface area contributed by atoms with Gasteiger partial charge < -0.3 is 0 Å². The van der Waals surface area contributed by atoms with Crippen molar-refractivity contribution in [2.45, 2.75) is 33.6 Å². The molecule has 0 nitrogen and oxygen atoms in total. The molecule has 0 aliphatic rings. The summed E-state index contributed by atoms with van der Waals surface area (Å²) in [5.41, 5.74) is 2.27. The number of hydrogen-bond acceptors (Lipinski definition) is 0. The lowest BCUT2D eigenvalue weighted by atomic mass is 10.0. The predicted octanol–water partition coefficient (Wildman–Crippen LogP) is 3.82. The standard InChI is InChI=1S/C11H12.C2H6/c1-4-10-6-5-7-11(8-10)9(2)3;1-2/h1,5-9H,2-3H3;1-2H3. The monoisotopic (exact) mass is 174 g/mol. The zero-order valence-corrected chi connectivity index (χ0v) is 8.96. The molecule has 0 radical (unpaired) electrons. The summed E-state index contributed by atoms with van der Waals surface area (Å²) >= 11 is 0. The van der Waals surface area contributed by atoms with E-state index in [1.54, 1.807) is 0 Å². The van der Waals surface area contributed by atoms with E-state index in [-0.39, 0.29) is 0 Å². The summed E-state index contributed by atoms with van der Waals surface area (Å²) in [5.74, 6) is 3.18. The lowest BCUT2D eigenvalue weighted by molar-refractivity contribution is 0.866. The Morgan fingerprint density at radius 1 is 1.23 bits per heavy atom. The number of rotatable bonds is 1. The van der Waals surface area contributed by atoms with E-state index in [0.29, 0.717) is 5.92 Å². The Morgan fingerprint density at radius 3 is 2.31 bits per heavy atom. The third kappa shape index (κ3) is 3.80. The van der Waals surface area contributed by atoms with Crippen LogP contribution < -0.4 is 0 Å². The van der Waals surface area contributed by atoms with Gasteiger partial charge in [0.15, 0.2) is 0 Å². The van der Waals surface area contributed by atoms with Crippen molar-refractivity contribution in [3.63, 3.8) is 0 Å². The third-order valence-electron chi connectivity index (χ3n) is 1.72. The number of terminal acetylenes is 1. The van der Waals surface area contributed by atoms with Crippen molar-refractivity contribution in [2.24, 2.45) is 0 Å². The van der Waals surface area contributed by atoms with Gasteiger partial charge in [0.25, 0.3) is 0 Å². The summed E-state index contributed by atoms with van der Waals surface area (Å²) in [7, 11) is 0. The van der Waals surface area contributed by atoms with Crippen LogP contribution in [0.4, 0.5) is 0 Å². The van der Waals surface area contributed by atoms with Crippen LogP contribution in [0.5, 0.6) is 0 Å². The summed E-state index contributed by atoms with van der Waals surface area (Å²) in [5, 5.41) is 0. The Kier molecular flexibility index (Phi) is 5.72. The molecule has 0 amide bonds. The molecule has 1 aromatic rings. The minimum Gasteiger partial charge on any atom is -0.115 e. The smallest absolute Gasteiger partial charge is 0.0245 e. The summed E-state index contributed by atoms with van der Waals surface area (Å²) in [6.45, 7) is 8.32. The summed E-state index contributed by atoms with van der Waals surface area (Å²) < 4.78 is 0. The van der Waals surface area contributed by atoms with Gasteiger partial charge in [-0.2, -0.15) is 0 Å². The molecule has 0 aromatic heterocycles. The topological polar surface area (TPSA) is 0 Å². The summed E-state index contributed by atoms with van der Waals surface area (Å²) in [4.78, 5) is 0. The molecule has 0 heterocycles. The van der Waals surface area contributed by atoms with E-state index in [0.717, 1.165) is 5.56 Å². The van der Waals surface area contributed by atoms with E-state index >= 15 is 0 Å². The van der Waals surface area contributed by atoms with Crippen molar-refractivity contribution in [1.29, 1.82) is 0 Å². The summed E-state index contributed by atoms with van der Waals surface area (Å²) in [6.07, 6.45) is 5.27. The average molecular weight is 174 g/mol. The van der Waals surface area contributed by atoms with Crippen LogP contribution in [0.1, 0.15) is 44.7 Å². The molecular weight excluding hydrogens is 156 g/mol. The van der Waals surface area contributed by atoms with E-state index in [9.17, 15) is 0 Å². The van der Waals surface area contributed by atoms with Crippen molar-refractivity contribution in [3.8, 4) is 12.3 Å². The molecule has 13 heavy (non-hydrogen) atoms. The fourth-order valence-corrected chi connectivity index (χ4v) is 0.988. The molecule has 0 N–H and O–H groups in total. The highest BCUT2D eigenvalue weighted by Gasteiger charge is 1.97. The Hall–Kier alpha value is -1.22. The normalized spacial score (nSPS) is 8.62. The molecule has 1 aromatic carbocycles. The second-order valence-electron chi connectivity index (χ2n) is 2.92. The maximum Gasteiger partial charge on any atom is 0.0245 e. The van der Waals surface area contributed by atoms with Gasteiger partial charge in [0.05, 0.1) is 0 Å². The highest BCUT2D eigenvalue weighted by molar-refractivity contribution is 5.36. The van der Waals surface area contributed by atoms with Gasteiger partial charge in [-0.3, -0.25) is 0 Å². The number of benzene rings is 1. The maximum absolute atomic E-state index is 5.27. The first kappa shape index (κ1) is 11.8. The summed E-state index contributed by atoms with van der Waals surface area (Å²) in [6, 6.07) is 8.12. The molecule has 0 spiro atoms. The molecule has 70 valence electrons. The Bertz CT molecular complexity index is 276. The molecule has 0 aliphatic carbocycles. The largest absolute Gasteiger partial charge is 0.115 e. The highest BCUT2D eigenvalue weighted by atomic mass is 14.0. The van der Waals surface area contributed by atoms with Gasteiger partial charge in [-0.1, -0.05) is 45.7 Å². The lowest BCUT2D eigenvalue weighted by Gasteiger charge is -2.04. The first-order valence-electron chi connectivity index (χ1n) is 4.80. The van der Waals surface area contributed by atoms with Gasteiger partial charge in [-0.25, -0.2) is 0 Å². The third-order valence-corrected chi connectivity index (χ3v) is 1.72. The van der Waals surface area contributed by atoms with Crippen LogP contribution in [0.25, 0.3) is 0 Å². The molecular formula is C13H18. The maximum atomic E-state index is 5.27. The van der Waals surface area contributed by atoms with E-state index < -0.39 is 0 Å². The van der Waals surface area contributed by atoms with Crippen molar-refractivity contribution in [3.05, 3.63) is 35.4 Å². The van der Waals surface area contributed by atoms with Gasteiger partial charge in [0.2, 0.25) is 0 Å². The van der Waals surface area contributed by atoms with Crippen molar-refractivity contribution >= 4 is 0 Å². The van der Waals surface area contributed by atoms with Crippen LogP contribution in [0.2, 0.25) is 0 Å². The molecule has 0 atom stereocenters. The van der Waals surface area contributed by atoms with Crippen LogP contribution in [0.15, 0.2) is 24.3 Å². The fraction of sp³-hybridized carbons (Fsp3) is 0.385. The zero-order chi connectivity index (χ0) is 10.3. The van der Waals surface area contributed by atoms with E-state index in [4.69, 9.17) is 6.42 Å². The quantitative estimate of drug-likeness (QED) is 0.568. The fourth-order valence-electron chi connectivity index (χ4n) is 0.988. The Balaban J connectivity index is 0.000000671. The van der Waals surface area contributed by atoms with E-state index in [2.05, 4.69) is 31.9 Å². The minimum absolute atomic E-state index is 0.559.